The van der Waals surface area contributed by atoms with Gasteiger partial charge in [0, 0.05) is 0 Å². The molecule has 14 heavy (non-hydrogen) atoms. The molecule has 1 aromatic rings. The van der Waals surface area contributed by atoms with Gasteiger partial charge in [-0.25, -0.2) is 0 Å². The fourth-order valence-corrected chi connectivity index (χ4v) is 1.12. The molecular weight excluding hydrogens is 180 g/mol. The van der Waals surface area contributed by atoms with Crippen molar-refractivity contribution in [1.82, 2.24) is 0 Å². The molecule has 0 spiro atoms. The van der Waals surface area contributed by atoms with Crippen LogP contribution in [0.1, 0.15) is 11.1 Å². The highest BCUT2D eigenvalue weighted by Crippen LogP contribution is 2.20. The van der Waals surface area contributed by atoms with Crippen LogP contribution in [0.5, 0.6) is 5.75 Å². The molecule has 0 aliphatic rings. The summed E-state index contributed by atoms with van der Waals surface area (Å²) < 4.78 is 5.36. The van der Waals surface area contributed by atoms with E-state index < -0.39 is 6.10 Å². The van der Waals surface area contributed by atoms with Crippen LogP contribution in [-0.2, 0) is 0 Å². The minimum Gasteiger partial charge on any atom is -0.491 e. The van der Waals surface area contributed by atoms with Gasteiger partial charge in [0.25, 0.3) is 0 Å². The lowest BCUT2D eigenvalue weighted by Crippen LogP contribution is -2.21. The van der Waals surface area contributed by atoms with Gasteiger partial charge in [0.05, 0.1) is 6.61 Å². The highest BCUT2D eigenvalue weighted by Gasteiger charge is 2.05. The number of aliphatic hydroxyl groups is 2. The predicted octanol–water partition coefficient (Wildman–Crippen LogP) is 1.04. The zero-order chi connectivity index (χ0) is 10.6. The molecule has 0 fully saturated rings. The second kappa shape index (κ2) is 4.98. The smallest absolute Gasteiger partial charge is 0.122 e. The van der Waals surface area contributed by atoms with E-state index >= 15 is 0 Å². The maximum absolute atomic E-state index is 9.10. The molecule has 1 aromatic carbocycles. The number of ether oxygens (including phenoxy) is 1. The summed E-state index contributed by atoms with van der Waals surface area (Å²) in [5, 5.41) is 17.7. The predicted molar refractivity (Wildman–Crippen MR) is 54.5 cm³/mol. The Bertz CT molecular complexity index is 297. The van der Waals surface area contributed by atoms with E-state index in [4.69, 9.17) is 14.9 Å². The molecule has 0 aliphatic carbocycles. The van der Waals surface area contributed by atoms with E-state index in [1.807, 2.05) is 32.0 Å². The monoisotopic (exact) mass is 196 g/mol. The van der Waals surface area contributed by atoms with Crippen molar-refractivity contribution in [2.75, 3.05) is 13.2 Å². The Labute approximate surface area is 84.0 Å². The molecule has 1 rings (SSSR count). The van der Waals surface area contributed by atoms with E-state index in [-0.39, 0.29) is 13.2 Å². The van der Waals surface area contributed by atoms with Gasteiger partial charge in [-0.15, -0.1) is 0 Å². The summed E-state index contributed by atoms with van der Waals surface area (Å²) >= 11 is 0. The van der Waals surface area contributed by atoms with Crippen LogP contribution in [0.15, 0.2) is 18.2 Å². The molecule has 78 valence electrons. The second-order valence-corrected chi connectivity index (χ2v) is 3.35. The van der Waals surface area contributed by atoms with Crippen LogP contribution >= 0.6 is 0 Å². The first-order chi connectivity index (χ1) is 6.65. The Balaban J connectivity index is 2.63. The molecule has 0 aliphatic heterocycles. The molecule has 0 saturated heterocycles. The van der Waals surface area contributed by atoms with E-state index in [0.29, 0.717) is 0 Å². The molecular formula is C11H16O3. The van der Waals surface area contributed by atoms with Crippen molar-refractivity contribution in [3.8, 4) is 5.75 Å². The van der Waals surface area contributed by atoms with Gasteiger partial charge in [-0.1, -0.05) is 12.1 Å². The van der Waals surface area contributed by atoms with Gasteiger partial charge in [0.15, 0.2) is 0 Å². The lowest BCUT2D eigenvalue weighted by molar-refractivity contribution is 0.0534. The minimum atomic E-state index is -0.810. The highest BCUT2D eigenvalue weighted by molar-refractivity contribution is 5.38. The Morgan fingerprint density at radius 2 is 2.07 bits per heavy atom. The van der Waals surface area contributed by atoms with Gasteiger partial charge in [-0.05, 0) is 31.0 Å². The third-order valence-electron chi connectivity index (χ3n) is 2.20. The van der Waals surface area contributed by atoms with Crippen LogP contribution in [0.25, 0.3) is 0 Å². The van der Waals surface area contributed by atoms with E-state index in [9.17, 15) is 0 Å². The Hall–Kier alpha value is -1.06. The number of rotatable bonds is 4. The number of benzene rings is 1. The average molecular weight is 196 g/mol. The lowest BCUT2D eigenvalue weighted by atomic mass is 10.1. The molecule has 3 nitrogen and oxygen atoms in total. The molecule has 0 saturated carbocycles. The van der Waals surface area contributed by atoms with E-state index in [1.165, 1.54) is 0 Å². The van der Waals surface area contributed by atoms with Crippen LogP contribution in [0.4, 0.5) is 0 Å². The Morgan fingerprint density at radius 3 is 2.71 bits per heavy atom. The normalized spacial score (nSPS) is 12.6. The van der Waals surface area contributed by atoms with Crippen LogP contribution < -0.4 is 4.74 Å². The highest BCUT2D eigenvalue weighted by atomic mass is 16.5. The summed E-state index contributed by atoms with van der Waals surface area (Å²) in [5.41, 5.74) is 2.22. The van der Waals surface area contributed by atoms with Crippen LogP contribution in [-0.4, -0.2) is 29.5 Å². The SMILES string of the molecule is Cc1cccc(OC[C@@H](O)CO)c1C. The first-order valence-electron chi connectivity index (χ1n) is 4.63. The van der Waals surface area contributed by atoms with E-state index in [2.05, 4.69) is 0 Å². The third-order valence-corrected chi connectivity index (χ3v) is 2.20. The topological polar surface area (TPSA) is 49.7 Å². The quantitative estimate of drug-likeness (QED) is 0.756. The van der Waals surface area contributed by atoms with Gasteiger partial charge in [-0.2, -0.15) is 0 Å². The van der Waals surface area contributed by atoms with Gasteiger partial charge in [-0.3, -0.25) is 0 Å². The summed E-state index contributed by atoms with van der Waals surface area (Å²) in [6.45, 7) is 3.83. The molecule has 0 bridgehead atoms. The summed E-state index contributed by atoms with van der Waals surface area (Å²) in [7, 11) is 0. The van der Waals surface area contributed by atoms with Crippen molar-refractivity contribution < 1.29 is 14.9 Å². The minimum absolute atomic E-state index is 0.126. The van der Waals surface area contributed by atoms with Crippen molar-refractivity contribution in [2.24, 2.45) is 0 Å². The van der Waals surface area contributed by atoms with E-state index in [0.717, 1.165) is 16.9 Å². The maximum atomic E-state index is 9.10. The number of hydrogen-bond donors (Lipinski definition) is 2. The third kappa shape index (κ3) is 2.72. The first-order valence-corrected chi connectivity index (χ1v) is 4.63. The zero-order valence-electron chi connectivity index (χ0n) is 8.53. The standard InChI is InChI=1S/C11H16O3/c1-8-4-3-5-11(9(8)2)14-7-10(13)6-12/h3-5,10,12-13H,6-7H2,1-2H3/t10-/m0/s1. The van der Waals surface area contributed by atoms with Crippen LogP contribution in [0.2, 0.25) is 0 Å². The summed E-state index contributed by atoms with van der Waals surface area (Å²) in [5.74, 6) is 0.762. The molecule has 0 aromatic heterocycles. The summed E-state index contributed by atoms with van der Waals surface area (Å²) in [6, 6.07) is 5.76. The first kappa shape index (κ1) is 11.0. The van der Waals surface area contributed by atoms with E-state index in [1.54, 1.807) is 0 Å². The van der Waals surface area contributed by atoms with Crippen molar-refractivity contribution in [3.05, 3.63) is 29.3 Å². The second-order valence-electron chi connectivity index (χ2n) is 3.35. The van der Waals surface area contributed by atoms with Crippen LogP contribution in [0.3, 0.4) is 0 Å². The van der Waals surface area contributed by atoms with Crippen molar-refractivity contribution in [3.63, 3.8) is 0 Å². The van der Waals surface area contributed by atoms with Gasteiger partial charge in [0.2, 0.25) is 0 Å². The zero-order valence-corrected chi connectivity index (χ0v) is 8.53. The number of hydrogen-bond acceptors (Lipinski definition) is 3. The molecule has 2 N–H and O–H groups in total. The maximum Gasteiger partial charge on any atom is 0.122 e. The van der Waals surface area contributed by atoms with Gasteiger partial charge in [0.1, 0.15) is 18.5 Å². The summed E-state index contributed by atoms with van der Waals surface area (Å²) in [4.78, 5) is 0. The van der Waals surface area contributed by atoms with Crippen molar-refractivity contribution >= 4 is 0 Å². The lowest BCUT2D eigenvalue weighted by Gasteiger charge is -2.12. The van der Waals surface area contributed by atoms with Crippen molar-refractivity contribution in [1.29, 1.82) is 0 Å². The fourth-order valence-electron chi connectivity index (χ4n) is 1.12. The Morgan fingerprint density at radius 1 is 1.36 bits per heavy atom. The fraction of sp³-hybridized carbons (Fsp3) is 0.455. The van der Waals surface area contributed by atoms with Gasteiger partial charge >= 0.3 is 0 Å². The average Bonchev–Trinajstić information content (AvgIpc) is 2.20. The molecule has 1 atom stereocenters. The summed E-state index contributed by atoms with van der Waals surface area (Å²) in [6.07, 6.45) is -0.810. The molecule has 0 unspecified atom stereocenters. The van der Waals surface area contributed by atoms with Crippen LogP contribution in [0, 0.1) is 13.8 Å². The van der Waals surface area contributed by atoms with Crippen molar-refractivity contribution in [2.45, 2.75) is 20.0 Å². The largest absolute Gasteiger partial charge is 0.491 e. The number of aryl methyl sites for hydroxylation is 1. The molecule has 0 heterocycles. The molecule has 0 radical (unpaired) electrons. The van der Waals surface area contributed by atoms with Gasteiger partial charge < -0.3 is 14.9 Å². The Kier molecular flexibility index (Phi) is 3.92. The number of aliphatic hydroxyl groups excluding tert-OH is 2. The molecule has 3 heteroatoms. The molecule has 0 amide bonds.